The zero-order valence-electron chi connectivity index (χ0n) is 22.0. The molecule has 39 heavy (non-hydrogen) atoms. The van der Waals surface area contributed by atoms with E-state index in [-0.39, 0.29) is 24.3 Å². The second-order valence-electron chi connectivity index (χ2n) is 10.9. The minimum absolute atomic E-state index is 0.0386. The standard InChI is InChI=1S/C32H30Cl2N2O3/c1-19-11-10-16-25(20(19)2)35-26(37)17-4-3-9-18-36-29(38)27-28(30(36)39)32(34)22-13-6-5-12-21(22)31(27,33)23-14-7-8-15-24(23)32/h5-8,10-16,27-28H,3-4,9,17-18H2,1-2H3,(H,35,37)/t27-,28-,31?,32?/m0/s1. The van der Waals surface area contributed by atoms with Crippen LogP contribution in [0.5, 0.6) is 0 Å². The zero-order chi connectivity index (χ0) is 27.5. The van der Waals surface area contributed by atoms with E-state index >= 15 is 0 Å². The Balaban J connectivity index is 1.16. The summed E-state index contributed by atoms with van der Waals surface area (Å²) in [5.41, 5.74) is 6.24. The molecule has 5 nitrogen and oxygen atoms in total. The number of unbranched alkanes of at least 4 members (excludes halogenated alkanes) is 2. The number of carbonyl (C=O) groups is 3. The van der Waals surface area contributed by atoms with Crippen LogP contribution < -0.4 is 5.32 Å². The molecule has 3 aromatic rings. The molecule has 0 aromatic heterocycles. The number of likely N-dealkylation sites (tertiary alicyclic amines) is 1. The fraction of sp³-hybridized carbons (Fsp3) is 0.344. The predicted octanol–water partition coefficient (Wildman–Crippen LogP) is 6.40. The van der Waals surface area contributed by atoms with Crippen LogP contribution in [0.4, 0.5) is 5.69 Å². The molecule has 200 valence electrons. The van der Waals surface area contributed by atoms with Gasteiger partial charge in [-0.2, -0.15) is 0 Å². The van der Waals surface area contributed by atoms with Crippen LogP contribution in [0, 0.1) is 25.7 Å². The molecule has 1 fully saturated rings. The largest absolute Gasteiger partial charge is 0.326 e. The van der Waals surface area contributed by atoms with E-state index in [4.69, 9.17) is 23.2 Å². The molecule has 2 bridgehead atoms. The first-order valence-electron chi connectivity index (χ1n) is 13.5. The van der Waals surface area contributed by atoms with Gasteiger partial charge in [0.25, 0.3) is 0 Å². The number of anilines is 1. The second kappa shape index (κ2) is 9.50. The van der Waals surface area contributed by atoms with E-state index in [0.29, 0.717) is 25.7 Å². The van der Waals surface area contributed by atoms with Crippen molar-refractivity contribution in [3.63, 3.8) is 0 Å². The van der Waals surface area contributed by atoms with Crippen molar-refractivity contribution >= 4 is 46.6 Å². The monoisotopic (exact) mass is 560 g/mol. The molecular formula is C32H30Cl2N2O3. The summed E-state index contributed by atoms with van der Waals surface area (Å²) >= 11 is 14.9. The molecule has 2 atom stereocenters. The summed E-state index contributed by atoms with van der Waals surface area (Å²) in [5.74, 6) is -2.10. The first kappa shape index (κ1) is 26.1. The summed E-state index contributed by atoms with van der Waals surface area (Å²) in [7, 11) is 0. The van der Waals surface area contributed by atoms with Gasteiger partial charge < -0.3 is 5.32 Å². The Morgan fingerprint density at radius 2 is 1.28 bits per heavy atom. The Labute approximate surface area is 238 Å². The summed E-state index contributed by atoms with van der Waals surface area (Å²) < 4.78 is 0. The molecule has 3 aromatic carbocycles. The van der Waals surface area contributed by atoms with E-state index < -0.39 is 21.6 Å². The van der Waals surface area contributed by atoms with Crippen LogP contribution in [0.25, 0.3) is 0 Å². The van der Waals surface area contributed by atoms with E-state index in [1.807, 2.05) is 80.6 Å². The maximum absolute atomic E-state index is 13.8. The third kappa shape index (κ3) is 3.70. The topological polar surface area (TPSA) is 66.5 Å². The van der Waals surface area contributed by atoms with Crippen molar-refractivity contribution in [2.45, 2.75) is 49.3 Å². The van der Waals surface area contributed by atoms with Crippen molar-refractivity contribution in [1.29, 1.82) is 0 Å². The van der Waals surface area contributed by atoms with Crippen LogP contribution in [0.1, 0.15) is 59.1 Å². The molecular weight excluding hydrogens is 531 g/mol. The maximum Gasteiger partial charge on any atom is 0.235 e. The van der Waals surface area contributed by atoms with Crippen LogP contribution in [0.15, 0.2) is 66.7 Å². The number of benzene rings is 3. The molecule has 1 saturated heterocycles. The minimum Gasteiger partial charge on any atom is -0.326 e. The number of alkyl halides is 2. The first-order chi connectivity index (χ1) is 18.7. The van der Waals surface area contributed by atoms with Crippen molar-refractivity contribution in [1.82, 2.24) is 4.90 Å². The molecule has 7 rings (SSSR count). The highest BCUT2D eigenvalue weighted by atomic mass is 35.5. The van der Waals surface area contributed by atoms with Gasteiger partial charge in [-0.05, 0) is 66.1 Å². The molecule has 0 saturated carbocycles. The number of rotatable bonds is 7. The molecule has 3 aliphatic carbocycles. The normalized spacial score (nSPS) is 26.3. The van der Waals surface area contributed by atoms with Crippen molar-refractivity contribution in [2.24, 2.45) is 11.8 Å². The fourth-order valence-corrected chi connectivity index (χ4v) is 7.87. The van der Waals surface area contributed by atoms with Crippen LogP contribution in [-0.2, 0) is 24.1 Å². The van der Waals surface area contributed by atoms with Crippen LogP contribution in [-0.4, -0.2) is 29.2 Å². The van der Waals surface area contributed by atoms with E-state index in [1.54, 1.807) is 0 Å². The number of hydrogen-bond donors (Lipinski definition) is 1. The molecule has 0 unspecified atom stereocenters. The highest BCUT2D eigenvalue weighted by Gasteiger charge is 2.72. The molecule has 1 heterocycles. The van der Waals surface area contributed by atoms with Gasteiger partial charge in [-0.3, -0.25) is 19.3 Å². The molecule has 7 heteroatoms. The van der Waals surface area contributed by atoms with Crippen LogP contribution in [0.2, 0.25) is 0 Å². The van der Waals surface area contributed by atoms with Crippen LogP contribution in [0.3, 0.4) is 0 Å². The average molecular weight is 562 g/mol. The molecule has 4 aliphatic rings. The summed E-state index contributed by atoms with van der Waals surface area (Å²) in [6.07, 6.45) is 2.36. The van der Waals surface area contributed by atoms with E-state index in [9.17, 15) is 14.4 Å². The van der Waals surface area contributed by atoms with Gasteiger partial charge in [0.15, 0.2) is 0 Å². The first-order valence-corrected chi connectivity index (χ1v) is 14.3. The third-order valence-electron chi connectivity index (χ3n) is 8.84. The predicted molar refractivity (Wildman–Crippen MR) is 153 cm³/mol. The number of halogens is 2. The van der Waals surface area contributed by atoms with Gasteiger partial charge in [-0.1, -0.05) is 67.1 Å². The van der Waals surface area contributed by atoms with E-state index in [0.717, 1.165) is 39.1 Å². The Kier molecular flexibility index (Phi) is 6.35. The SMILES string of the molecule is Cc1cccc(NC(=O)CCCCCN2C(=O)[C@@H]3[C@@H](C2=O)C2(Cl)c4ccccc4C3(Cl)c3ccccc32)c1C. The summed E-state index contributed by atoms with van der Waals surface area (Å²) in [6, 6.07) is 21.2. The number of amides is 3. The Morgan fingerprint density at radius 3 is 1.79 bits per heavy atom. The number of imide groups is 1. The maximum atomic E-state index is 13.8. The smallest absolute Gasteiger partial charge is 0.235 e. The van der Waals surface area contributed by atoms with Crippen LogP contribution >= 0.6 is 23.2 Å². The molecule has 3 amide bonds. The lowest BCUT2D eigenvalue weighted by molar-refractivity contribution is -0.140. The number of carbonyl (C=O) groups excluding carboxylic acids is 3. The van der Waals surface area contributed by atoms with Gasteiger partial charge in [0, 0.05) is 18.7 Å². The second-order valence-corrected chi connectivity index (χ2v) is 12.1. The summed E-state index contributed by atoms with van der Waals surface area (Å²) in [4.78, 5) is 39.2. The molecule has 1 N–H and O–H groups in total. The Morgan fingerprint density at radius 1 is 0.769 bits per heavy atom. The van der Waals surface area contributed by atoms with Gasteiger partial charge in [-0.15, -0.1) is 23.2 Å². The van der Waals surface area contributed by atoms with Crippen molar-refractivity contribution in [3.8, 4) is 0 Å². The van der Waals surface area contributed by atoms with E-state index in [2.05, 4.69) is 5.32 Å². The quantitative estimate of drug-likeness (QED) is 0.206. The minimum atomic E-state index is -1.15. The van der Waals surface area contributed by atoms with Crippen molar-refractivity contribution in [3.05, 3.63) is 100 Å². The highest BCUT2D eigenvalue weighted by molar-refractivity contribution is 6.36. The average Bonchev–Trinajstić information content (AvgIpc) is 3.20. The number of hydrogen-bond acceptors (Lipinski definition) is 3. The third-order valence-corrected chi connectivity index (χ3v) is 10.1. The van der Waals surface area contributed by atoms with Gasteiger partial charge in [-0.25, -0.2) is 0 Å². The van der Waals surface area contributed by atoms with Crippen molar-refractivity contribution in [2.75, 3.05) is 11.9 Å². The number of nitrogens with one attached hydrogen (secondary N) is 1. The van der Waals surface area contributed by atoms with Gasteiger partial charge in [0.05, 0.1) is 11.8 Å². The highest BCUT2D eigenvalue weighted by Crippen LogP contribution is 2.69. The van der Waals surface area contributed by atoms with Gasteiger partial charge in [0.2, 0.25) is 17.7 Å². The molecule has 1 aliphatic heterocycles. The van der Waals surface area contributed by atoms with Crippen molar-refractivity contribution < 1.29 is 14.4 Å². The lowest BCUT2D eigenvalue weighted by Gasteiger charge is -2.54. The Hall–Kier alpha value is -3.15. The Bertz CT molecular complexity index is 1400. The van der Waals surface area contributed by atoms with Gasteiger partial charge in [0.1, 0.15) is 9.75 Å². The zero-order valence-corrected chi connectivity index (χ0v) is 23.5. The number of nitrogens with zero attached hydrogens (tertiary/aromatic N) is 1. The molecule has 0 spiro atoms. The van der Waals surface area contributed by atoms with Gasteiger partial charge >= 0.3 is 0 Å². The number of aryl methyl sites for hydroxylation is 1. The van der Waals surface area contributed by atoms with E-state index in [1.165, 1.54) is 4.90 Å². The summed E-state index contributed by atoms with van der Waals surface area (Å²) in [6.45, 7) is 4.30. The summed E-state index contributed by atoms with van der Waals surface area (Å²) in [5, 5.41) is 2.99. The lowest BCUT2D eigenvalue weighted by atomic mass is 9.54. The lowest BCUT2D eigenvalue weighted by Crippen LogP contribution is -2.57. The fourth-order valence-electron chi connectivity index (χ4n) is 6.78. The molecule has 0 radical (unpaired) electrons.